The highest BCUT2D eigenvalue weighted by atomic mass is 19.4. The topological polar surface area (TPSA) is 45.2 Å². The molecule has 0 aromatic carbocycles. The Balaban J connectivity index is 1.73. The molecular formula is C17H22F3N3O. The van der Waals surface area contributed by atoms with E-state index in [-0.39, 0.29) is 17.1 Å². The number of pyridine rings is 1. The average molecular weight is 341 g/mol. The van der Waals surface area contributed by atoms with E-state index in [9.17, 15) is 18.0 Å². The second-order valence-corrected chi connectivity index (χ2v) is 7.39. The minimum absolute atomic E-state index is 0.134. The van der Waals surface area contributed by atoms with Crippen LogP contribution in [0.15, 0.2) is 18.2 Å². The van der Waals surface area contributed by atoms with Gasteiger partial charge in [0.15, 0.2) is 0 Å². The number of amides is 1. The van der Waals surface area contributed by atoms with Crippen molar-refractivity contribution in [1.82, 2.24) is 15.2 Å². The summed E-state index contributed by atoms with van der Waals surface area (Å²) in [6.07, 6.45) is -1.50. The van der Waals surface area contributed by atoms with Crippen molar-refractivity contribution in [1.29, 1.82) is 0 Å². The molecule has 1 aliphatic heterocycles. The molecule has 132 valence electrons. The van der Waals surface area contributed by atoms with Gasteiger partial charge in [-0.25, -0.2) is 4.98 Å². The summed E-state index contributed by atoms with van der Waals surface area (Å²) in [4.78, 5) is 18.7. The molecule has 1 N–H and O–H groups in total. The third-order valence-electron chi connectivity index (χ3n) is 4.95. The van der Waals surface area contributed by atoms with Crippen LogP contribution in [0.1, 0.15) is 44.5 Å². The van der Waals surface area contributed by atoms with Crippen molar-refractivity contribution < 1.29 is 18.0 Å². The minimum Gasteiger partial charge on any atom is -0.349 e. The van der Waals surface area contributed by atoms with Crippen LogP contribution in [-0.4, -0.2) is 41.0 Å². The quantitative estimate of drug-likeness (QED) is 0.896. The van der Waals surface area contributed by atoms with E-state index in [1.165, 1.54) is 18.6 Å². The molecule has 1 amide bonds. The van der Waals surface area contributed by atoms with Crippen molar-refractivity contribution in [3.05, 3.63) is 29.6 Å². The fourth-order valence-electron chi connectivity index (χ4n) is 2.90. The van der Waals surface area contributed by atoms with Gasteiger partial charge in [0.2, 0.25) is 5.91 Å². The summed E-state index contributed by atoms with van der Waals surface area (Å²) in [5, 5.41) is 3.06. The second kappa shape index (κ2) is 5.72. The lowest BCUT2D eigenvalue weighted by Gasteiger charge is -2.36. The molecule has 0 atom stereocenters. The van der Waals surface area contributed by atoms with E-state index in [1.807, 2.05) is 0 Å². The lowest BCUT2D eigenvalue weighted by molar-refractivity contribution is -0.141. The standard InChI is InChI=1S/C17H22F3N3O/c1-15(2,12-5-3-6-13(21-12)17(18,19)20)14(24)22-16(7-8-16)11-23-9-4-10-23/h3,5-6H,4,7-11H2,1-2H3,(H,22,24). The second-order valence-electron chi connectivity index (χ2n) is 7.39. The van der Waals surface area contributed by atoms with Crippen LogP contribution in [0.5, 0.6) is 0 Å². The van der Waals surface area contributed by atoms with Gasteiger partial charge in [0.05, 0.1) is 16.6 Å². The number of carbonyl (C=O) groups excluding carboxylic acids is 1. The number of nitrogens with one attached hydrogen (secondary N) is 1. The lowest BCUT2D eigenvalue weighted by Crippen LogP contribution is -2.53. The van der Waals surface area contributed by atoms with Gasteiger partial charge in [-0.1, -0.05) is 6.07 Å². The molecule has 1 aliphatic carbocycles. The number of likely N-dealkylation sites (tertiary alicyclic amines) is 1. The van der Waals surface area contributed by atoms with Crippen molar-refractivity contribution in [3.63, 3.8) is 0 Å². The average Bonchev–Trinajstić information content (AvgIpc) is 3.22. The Kier molecular flexibility index (Phi) is 4.10. The molecule has 1 saturated carbocycles. The Morgan fingerprint density at radius 3 is 2.38 bits per heavy atom. The zero-order valence-electron chi connectivity index (χ0n) is 13.9. The third-order valence-corrected chi connectivity index (χ3v) is 4.95. The van der Waals surface area contributed by atoms with Gasteiger partial charge < -0.3 is 10.2 Å². The Hall–Kier alpha value is -1.63. The van der Waals surface area contributed by atoms with Gasteiger partial charge in [-0.15, -0.1) is 0 Å². The normalized spacial score (nSPS) is 20.4. The van der Waals surface area contributed by atoms with Crippen molar-refractivity contribution >= 4 is 5.91 Å². The van der Waals surface area contributed by atoms with Gasteiger partial charge in [0, 0.05) is 6.54 Å². The van der Waals surface area contributed by atoms with Gasteiger partial charge >= 0.3 is 6.18 Å². The van der Waals surface area contributed by atoms with Crippen molar-refractivity contribution in [3.8, 4) is 0 Å². The molecule has 2 aliphatic rings. The van der Waals surface area contributed by atoms with Gasteiger partial charge in [0.1, 0.15) is 5.69 Å². The van der Waals surface area contributed by atoms with Crippen molar-refractivity contribution in [2.75, 3.05) is 19.6 Å². The zero-order valence-corrected chi connectivity index (χ0v) is 13.9. The summed E-state index contributed by atoms with van der Waals surface area (Å²) in [6.45, 7) is 6.16. The maximum atomic E-state index is 12.9. The molecule has 0 radical (unpaired) electrons. The van der Waals surface area contributed by atoms with E-state index in [0.29, 0.717) is 0 Å². The number of hydrogen-bond donors (Lipinski definition) is 1. The van der Waals surface area contributed by atoms with Crippen LogP contribution in [0, 0.1) is 0 Å². The summed E-state index contributed by atoms with van der Waals surface area (Å²) < 4.78 is 38.6. The lowest BCUT2D eigenvalue weighted by atomic mass is 9.87. The fraction of sp³-hybridized carbons (Fsp3) is 0.647. The predicted molar refractivity (Wildman–Crippen MR) is 83.4 cm³/mol. The summed E-state index contributed by atoms with van der Waals surface area (Å²) in [5.74, 6) is -0.271. The Bertz CT molecular complexity index is 634. The number of hydrogen-bond acceptors (Lipinski definition) is 3. The van der Waals surface area contributed by atoms with Crippen LogP contribution in [0.25, 0.3) is 0 Å². The summed E-state index contributed by atoms with van der Waals surface area (Å²) >= 11 is 0. The fourth-order valence-corrected chi connectivity index (χ4v) is 2.90. The molecule has 1 aromatic heterocycles. The SMILES string of the molecule is CC(C)(C(=O)NC1(CN2CCC2)CC1)c1cccc(C(F)(F)F)n1. The first-order valence-electron chi connectivity index (χ1n) is 8.22. The molecular weight excluding hydrogens is 319 g/mol. The molecule has 1 saturated heterocycles. The number of nitrogens with zero attached hydrogens (tertiary/aromatic N) is 2. The number of alkyl halides is 3. The first-order valence-corrected chi connectivity index (χ1v) is 8.22. The zero-order chi connectivity index (χ0) is 17.6. The van der Waals surface area contributed by atoms with Crippen LogP contribution in [0.3, 0.4) is 0 Å². The molecule has 3 rings (SSSR count). The minimum atomic E-state index is -4.52. The maximum Gasteiger partial charge on any atom is 0.433 e. The Morgan fingerprint density at radius 1 is 1.25 bits per heavy atom. The van der Waals surface area contributed by atoms with Crippen molar-refractivity contribution in [2.24, 2.45) is 0 Å². The molecule has 0 bridgehead atoms. The number of halogens is 3. The van der Waals surface area contributed by atoms with Gasteiger partial charge in [-0.05, 0) is 58.3 Å². The molecule has 2 heterocycles. The van der Waals surface area contributed by atoms with Gasteiger partial charge in [-0.2, -0.15) is 13.2 Å². The summed E-state index contributed by atoms with van der Waals surface area (Å²) in [7, 11) is 0. The maximum absolute atomic E-state index is 12.9. The highest BCUT2D eigenvalue weighted by Crippen LogP contribution is 2.38. The molecule has 1 aromatic rings. The van der Waals surface area contributed by atoms with Crippen LogP contribution < -0.4 is 5.32 Å². The molecule has 2 fully saturated rings. The van der Waals surface area contributed by atoms with Crippen LogP contribution >= 0.6 is 0 Å². The Morgan fingerprint density at radius 2 is 1.88 bits per heavy atom. The Labute approximate surface area is 139 Å². The largest absolute Gasteiger partial charge is 0.433 e. The number of carbonyl (C=O) groups is 1. The van der Waals surface area contributed by atoms with Gasteiger partial charge in [-0.3, -0.25) is 4.79 Å². The summed E-state index contributed by atoms with van der Waals surface area (Å²) in [5.41, 5.74) is -2.17. The van der Waals surface area contributed by atoms with E-state index >= 15 is 0 Å². The van der Waals surface area contributed by atoms with E-state index in [1.54, 1.807) is 13.8 Å². The van der Waals surface area contributed by atoms with Crippen molar-refractivity contribution in [2.45, 2.75) is 50.2 Å². The smallest absolute Gasteiger partial charge is 0.349 e. The molecule has 4 nitrogen and oxygen atoms in total. The summed E-state index contributed by atoms with van der Waals surface area (Å²) in [6, 6.07) is 3.70. The number of aromatic nitrogens is 1. The monoisotopic (exact) mass is 341 g/mol. The third kappa shape index (κ3) is 3.41. The van der Waals surface area contributed by atoms with E-state index in [0.717, 1.165) is 38.5 Å². The number of rotatable bonds is 5. The molecule has 24 heavy (non-hydrogen) atoms. The van der Waals surface area contributed by atoms with E-state index in [4.69, 9.17) is 0 Å². The predicted octanol–water partition coefficient (Wildman–Crippen LogP) is 2.73. The highest BCUT2D eigenvalue weighted by molar-refractivity contribution is 5.87. The van der Waals surface area contributed by atoms with E-state index in [2.05, 4.69) is 15.2 Å². The van der Waals surface area contributed by atoms with Gasteiger partial charge in [0.25, 0.3) is 0 Å². The first-order chi connectivity index (χ1) is 11.1. The highest BCUT2D eigenvalue weighted by Gasteiger charge is 2.48. The van der Waals surface area contributed by atoms with E-state index < -0.39 is 17.3 Å². The molecule has 0 unspecified atom stereocenters. The van der Waals surface area contributed by atoms with Crippen LogP contribution in [-0.2, 0) is 16.4 Å². The first kappa shape index (κ1) is 17.2. The molecule has 7 heteroatoms. The van der Waals surface area contributed by atoms with Crippen LogP contribution in [0.2, 0.25) is 0 Å². The van der Waals surface area contributed by atoms with Crippen LogP contribution in [0.4, 0.5) is 13.2 Å². The molecule has 0 spiro atoms.